The molecule has 0 unspecified atom stereocenters. The molecule has 3 rings (SSSR count). The van der Waals surface area contributed by atoms with Gasteiger partial charge in [0.05, 0.1) is 33.8 Å². The van der Waals surface area contributed by atoms with Crippen molar-refractivity contribution >= 4 is 44.8 Å². The molecule has 1 amide bonds. The number of nitrogens with one attached hydrogen (secondary N) is 1. The van der Waals surface area contributed by atoms with Gasteiger partial charge in [-0.25, -0.2) is 8.42 Å². The second-order valence-corrected chi connectivity index (χ2v) is 10.4. The number of halogens is 2. The molecule has 6 nitrogen and oxygen atoms in total. The van der Waals surface area contributed by atoms with Crippen LogP contribution in [0.2, 0.25) is 10.0 Å². The van der Waals surface area contributed by atoms with E-state index < -0.39 is 22.5 Å². The quantitative estimate of drug-likeness (QED) is 0.388. The molecule has 0 saturated heterocycles. The zero-order chi connectivity index (χ0) is 24.9. The number of methoxy groups -OCH3 is 1. The van der Waals surface area contributed by atoms with E-state index >= 15 is 0 Å². The van der Waals surface area contributed by atoms with Gasteiger partial charge in [-0.1, -0.05) is 60.5 Å². The maximum atomic E-state index is 13.5. The van der Waals surface area contributed by atoms with Crippen molar-refractivity contribution in [3.05, 3.63) is 87.9 Å². The minimum atomic E-state index is -4.05. The molecule has 0 saturated carbocycles. The van der Waals surface area contributed by atoms with Crippen LogP contribution >= 0.6 is 23.2 Å². The third-order valence-electron chi connectivity index (χ3n) is 5.37. The van der Waals surface area contributed by atoms with Crippen LogP contribution in [0.25, 0.3) is 0 Å². The van der Waals surface area contributed by atoms with E-state index in [2.05, 4.69) is 5.32 Å². The van der Waals surface area contributed by atoms with Gasteiger partial charge in [-0.05, 0) is 60.9 Å². The summed E-state index contributed by atoms with van der Waals surface area (Å²) in [6.07, 6.45) is 0.621. The van der Waals surface area contributed by atoms with Crippen molar-refractivity contribution in [2.75, 3.05) is 18.0 Å². The summed E-state index contributed by atoms with van der Waals surface area (Å²) < 4.78 is 33.3. The van der Waals surface area contributed by atoms with Gasteiger partial charge in [0, 0.05) is 0 Å². The maximum absolute atomic E-state index is 13.5. The summed E-state index contributed by atoms with van der Waals surface area (Å²) in [6, 6.07) is 17.8. The lowest BCUT2D eigenvalue weighted by Gasteiger charge is -2.26. The van der Waals surface area contributed by atoms with Crippen molar-refractivity contribution in [3.63, 3.8) is 0 Å². The van der Waals surface area contributed by atoms with E-state index in [1.165, 1.54) is 30.3 Å². The van der Waals surface area contributed by atoms with E-state index in [4.69, 9.17) is 27.9 Å². The molecule has 1 atom stereocenters. The highest BCUT2D eigenvalue weighted by molar-refractivity contribution is 7.92. The fourth-order valence-electron chi connectivity index (χ4n) is 3.58. The summed E-state index contributed by atoms with van der Waals surface area (Å²) in [5.41, 5.74) is 2.08. The average Bonchev–Trinajstić information content (AvgIpc) is 2.83. The number of sulfonamides is 1. The highest BCUT2D eigenvalue weighted by Crippen LogP contribution is 2.31. The van der Waals surface area contributed by atoms with Crippen LogP contribution in [0.4, 0.5) is 5.69 Å². The van der Waals surface area contributed by atoms with Gasteiger partial charge in [-0.15, -0.1) is 0 Å². The molecule has 0 radical (unpaired) electrons. The van der Waals surface area contributed by atoms with Crippen LogP contribution in [0.5, 0.6) is 5.75 Å². The lowest BCUT2D eigenvalue weighted by atomic mass is 10.0. The van der Waals surface area contributed by atoms with Crippen LogP contribution in [0, 0.1) is 6.92 Å². The molecule has 0 fully saturated rings. The largest absolute Gasteiger partial charge is 0.496 e. The Kier molecular flexibility index (Phi) is 8.47. The van der Waals surface area contributed by atoms with Crippen molar-refractivity contribution in [3.8, 4) is 5.75 Å². The number of amides is 1. The number of hydrogen-bond donors (Lipinski definition) is 1. The number of hydrogen-bond acceptors (Lipinski definition) is 4. The number of carbonyl (C=O) groups is 1. The van der Waals surface area contributed by atoms with E-state index in [1.807, 2.05) is 32.0 Å². The Hall–Kier alpha value is -2.74. The smallest absolute Gasteiger partial charge is 0.264 e. The molecule has 0 aromatic heterocycles. The molecule has 3 aromatic carbocycles. The van der Waals surface area contributed by atoms with Crippen LogP contribution in [-0.2, 0) is 14.8 Å². The zero-order valence-electron chi connectivity index (χ0n) is 19.1. The lowest BCUT2D eigenvalue weighted by molar-refractivity contribution is -0.120. The number of rotatable bonds is 9. The predicted octanol–water partition coefficient (Wildman–Crippen LogP) is 5.77. The van der Waals surface area contributed by atoms with E-state index in [0.29, 0.717) is 6.42 Å². The highest BCUT2D eigenvalue weighted by atomic mass is 35.5. The van der Waals surface area contributed by atoms with Gasteiger partial charge in [0.1, 0.15) is 12.3 Å². The van der Waals surface area contributed by atoms with Crippen molar-refractivity contribution < 1.29 is 17.9 Å². The number of benzene rings is 3. The van der Waals surface area contributed by atoms with E-state index in [1.54, 1.807) is 25.3 Å². The molecule has 1 N–H and O–H groups in total. The Bertz CT molecular complexity index is 1270. The van der Waals surface area contributed by atoms with Gasteiger partial charge in [-0.3, -0.25) is 9.10 Å². The molecule has 0 heterocycles. The lowest BCUT2D eigenvalue weighted by Crippen LogP contribution is -2.42. The molecule has 0 aliphatic carbocycles. The number of aryl methyl sites for hydroxylation is 1. The Morgan fingerprint density at radius 3 is 2.32 bits per heavy atom. The summed E-state index contributed by atoms with van der Waals surface area (Å²) >= 11 is 12.2. The molecular weight excluding hydrogens is 495 g/mol. The molecule has 9 heteroatoms. The molecule has 0 spiro atoms. The van der Waals surface area contributed by atoms with E-state index in [9.17, 15) is 13.2 Å². The second kappa shape index (κ2) is 11.1. The topological polar surface area (TPSA) is 75.7 Å². The van der Waals surface area contributed by atoms with E-state index in [0.717, 1.165) is 21.2 Å². The molecule has 0 aliphatic rings. The van der Waals surface area contributed by atoms with Crippen LogP contribution in [0.15, 0.2) is 71.6 Å². The number of anilines is 1. The first-order valence-electron chi connectivity index (χ1n) is 10.6. The summed E-state index contributed by atoms with van der Waals surface area (Å²) in [4.78, 5) is 13.2. The van der Waals surface area contributed by atoms with Gasteiger partial charge in [0.15, 0.2) is 0 Å². The van der Waals surface area contributed by atoms with Crippen LogP contribution < -0.4 is 14.4 Å². The molecule has 34 heavy (non-hydrogen) atoms. The molecule has 180 valence electrons. The molecule has 0 bridgehead atoms. The fourth-order valence-corrected chi connectivity index (χ4v) is 5.31. The standard InChI is InChI=1S/C25H26Cl2N2O4S/c1-4-23(18-10-13-24(33-3)17(2)14-18)28-25(30)16-29(19-11-12-21(26)22(27)15-19)34(31,32)20-8-6-5-7-9-20/h5-15,23H,4,16H2,1-3H3,(H,28,30)/t23-/m0/s1. The Balaban J connectivity index is 1.92. The maximum Gasteiger partial charge on any atom is 0.264 e. The van der Waals surface area contributed by atoms with E-state index in [-0.39, 0.29) is 26.7 Å². The first-order chi connectivity index (χ1) is 16.2. The first-order valence-corrected chi connectivity index (χ1v) is 12.8. The van der Waals surface area contributed by atoms with Crippen LogP contribution in [0.1, 0.15) is 30.5 Å². The van der Waals surface area contributed by atoms with Gasteiger partial charge in [-0.2, -0.15) is 0 Å². The predicted molar refractivity (Wildman–Crippen MR) is 136 cm³/mol. The van der Waals surface area contributed by atoms with Gasteiger partial charge in [0.2, 0.25) is 5.91 Å². The van der Waals surface area contributed by atoms with Crippen LogP contribution in [0.3, 0.4) is 0 Å². The SMILES string of the molecule is CC[C@H](NC(=O)CN(c1ccc(Cl)c(Cl)c1)S(=O)(=O)c1ccccc1)c1ccc(OC)c(C)c1. The van der Waals surface area contributed by atoms with Gasteiger partial charge in [0.25, 0.3) is 10.0 Å². The summed E-state index contributed by atoms with van der Waals surface area (Å²) in [7, 11) is -2.44. The highest BCUT2D eigenvalue weighted by Gasteiger charge is 2.28. The van der Waals surface area contributed by atoms with Gasteiger partial charge >= 0.3 is 0 Å². The third kappa shape index (κ3) is 5.84. The molecular formula is C25H26Cl2N2O4S. The third-order valence-corrected chi connectivity index (χ3v) is 7.90. The summed E-state index contributed by atoms with van der Waals surface area (Å²) in [5, 5.41) is 3.43. The molecule has 3 aromatic rings. The van der Waals surface area contributed by atoms with Crippen molar-refractivity contribution in [2.24, 2.45) is 0 Å². The molecule has 0 aliphatic heterocycles. The normalized spacial score (nSPS) is 12.1. The number of ether oxygens (including phenoxy) is 1. The minimum absolute atomic E-state index is 0.0618. The summed E-state index contributed by atoms with van der Waals surface area (Å²) in [6.45, 7) is 3.44. The second-order valence-electron chi connectivity index (χ2n) is 7.68. The zero-order valence-corrected chi connectivity index (χ0v) is 21.4. The Morgan fingerprint density at radius 2 is 1.74 bits per heavy atom. The minimum Gasteiger partial charge on any atom is -0.496 e. The van der Waals surface area contributed by atoms with Crippen molar-refractivity contribution in [2.45, 2.75) is 31.2 Å². The Labute approximate surface area is 210 Å². The van der Waals surface area contributed by atoms with Gasteiger partial charge < -0.3 is 10.1 Å². The number of nitrogens with zero attached hydrogens (tertiary/aromatic N) is 1. The average molecular weight is 521 g/mol. The van der Waals surface area contributed by atoms with Crippen molar-refractivity contribution in [1.82, 2.24) is 5.32 Å². The number of carbonyl (C=O) groups excluding carboxylic acids is 1. The Morgan fingerprint density at radius 1 is 1.03 bits per heavy atom. The first kappa shape index (κ1) is 25.9. The van der Waals surface area contributed by atoms with Crippen molar-refractivity contribution in [1.29, 1.82) is 0 Å². The monoisotopic (exact) mass is 520 g/mol. The van der Waals surface area contributed by atoms with Crippen LogP contribution in [-0.4, -0.2) is 28.0 Å². The summed E-state index contributed by atoms with van der Waals surface area (Å²) in [5.74, 6) is 0.301. The fraction of sp³-hybridized carbons (Fsp3) is 0.240.